The molecule has 0 amide bonds. The Morgan fingerprint density at radius 1 is 1.07 bits per heavy atom. The second-order valence-corrected chi connectivity index (χ2v) is 4.22. The predicted octanol–water partition coefficient (Wildman–Crippen LogP) is 3.50. The first-order chi connectivity index (χ1) is 6.70. The quantitative estimate of drug-likeness (QED) is 0.694. The van der Waals surface area contributed by atoms with Crippen LogP contribution in [-0.2, 0) is 11.3 Å². The van der Waals surface area contributed by atoms with Crippen LogP contribution < -0.4 is 0 Å². The zero-order valence-electron chi connectivity index (χ0n) is 9.36. The molecule has 1 nitrogen and oxygen atoms in total. The number of hydrogen-bond donors (Lipinski definition) is 0. The van der Waals surface area contributed by atoms with E-state index in [1.165, 1.54) is 5.56 Å². The Morgan fingerprint density at radius 3 is 2.29 bits per heavy atom. The van der Waals surface area contributed by atoms with Gasteiger partial charge in [-0.15, -0.1) is 0 Å². The van der Waals surface area contributed by atoms with E-state index in [-0.39, 0.29) is 0 Å². The minimum absolute atomic E-state index is 0.638. The van der Waals surface area contributed by atoms with Crippen molar-refractivity contribution < 1.29 is 4.74 Å². The number of ether oxygens (including phenoxy) is 1. The van der Waals surface area contributed by atoms with Gasteiger partial charge in [0.25, 0.3) is 0 Å². The van der Waals surface area contributed by atoms with E-state index >= 15 is 0 Å². The van der Waals surface area contributed by atoms with Gasteiger partial charge in [-0.1, -0.05) is 51.1 Å². The normalized spacial score (nSPS) is 13.1. The number of benzene rings is 1. The first-order valence-corrected chi connectivity index (χ1v) is 5.32. The number of hydrogen-bond acceptors (Lipinski definition) is 1. The second kappa shape index (κ2) is 5.82. The molecule has 1 aromatic rings. The van der Waals surface area contributed by atoms with Gasteiger partial charge in [0.05, 0.1) is 6.61 Å². The van der Waals surface area contributed by atoms with Gasteiger partial charge in [0.1, 0.15) is 0 Å². The molecule has 0 aliphatic rings. The van der Waals surface area contributed by atoms with Gasteiger partial charge in [0.15, 0.2) is 0 Å². The van der Waals surface area contributed by atoms with Crippen LogP contribution in [0.1, 0.15) is 26.3 Å². The summed E-state index contributed by atoms with van der Waals surface area (Å²) < 4.78 is 5.64. The summed E-state index contributed by atoms with van der Waals surface area (Å²) in [7, 11) is 0. The van der Waals surface area contributed by atoms with Crippen molar-refractivity contribution in [2.75, 3.05) is 6.61 Å². The largest absolute Gasteiger partial charge is 0.376 e. The molecule has 1 atom stereocenters. The van der Waals surface area contributed by atoms with E-state index in [0.29, 0.717) is 11.8 Å². The van der Waals surface area contributed by atoms with Gasteiger partial charge in [0, 0.05) is 6.61 Å². The Morgan fingerprint density at radius 2 is 1.71 bits per heavy atom. The topological polar surface area (TPSA) is 9.23 Å². The molecule has 0 aliphatic carbocycles. The Bertz CT molecular complexity index is 241. The van der Waals surface area contributed by atoms with Gasteiger partial charge in [-0.3, -0.25) is 0 Å². The molecule has 0 heterocycles. The molecule has 14 heavy (non-hydrogen) atoms. The summed E-state index contributed by atoms with van der Waals surface area (Å²) in [4.78, 5) is 0. The van der Waals surface area contributed by atoms with Crippen LogP contribution in [0.4, 0.5) is 0 Å². The molecule has 0 unspecified atom stereocenters. The summed E-state index contributed by atoms with van der Waals surface area (Å²) in [6.07, 6.45) is 0. The molecule has 1 heteroatoms. The van der Waals surface area contributed by atoms with Crippen LogP contribution in [0.5, 0.6) is 0 Å². The van der Waals surface area contributed by atoms with Gasteiger partial charge < -0.3 is 4.74 Å². The van der Waals surface area contributed by atoms with Crippen LogP contribution in [0.2, 0.25) is 0 Å². The molecule has 0 N–H and O–H groups in total. The van der Waals surface area contributed by atoms with Gasteiger partial charge in [-0.2, -0.15) is 0 Å². The Balaban J connectivity index is 2.22. The molecule has 0 aliphatic heterocycles. The lowest BCUT2D eigenvalue weighted by molar-refractivity contribution is 0.0781. The summed E-state index contributed by atoms with van der Waals surface area (Å²) in [5.74, 6) is 1.34. The van der Waals surface area contributed by atoms with Gasteiger partial charge in [-0.05, 0) is 17.4 Å². The highest BCUT2D eigenvalue weighted by atomic mass is 16.5. The maximum Gasteiger partial charge on any atom is 0.0717 e. The van der Waals surface area contributed by atoms with E-state index in [1.54, 1.807) is 0 Å². The highest BCUT2D eigenvalue weighted by Crippen LogP contribution is 2.10. The van der Waals surface area contributed by atoms with Crippen LogP contribution in [0.25, 0.3) is 0 Å². The fourth-order valence-corrected chi connectivity index (χ4v) is 1.13. The summed E-state index contributed by atoms with van der Waals surface area (Å²) in [5, 5.41) is 0. The molecule has 0 fully saturated rings. The van der Waals surface area contributed by atoms with Crippen molar-refractivity contribution in [2.24, 2.45) is 11.8 Å². The van der Waals surface area contributed by atoms with Crippen LogP contribution in [0.15, 0.2) is 30.3 Å². The van der Waals surface area contributed by atoms with Crippen LogP contribution in [0.3, 0.4) is 0 Å². The van der Waals surface area contributed by atoms with Crippen molar-refractivity contribution in [1.82, 2.24) is 0 Å². The van der Waals surface area contributed by atoms with Gasteiger partial charge in [-0.25, -0.2) is 0 Å². The zero-order valence-corrected chi connectivity index (χ0v) is 9.36. The SMILES string of the molecule is CC(C)[C@H](C)COCc1ccccc1. The Labute approximate surface area is 87.1 Å². The van der Waals surface area contributed by atoms with E-state index in [2.05, 4.69) is 32.9 Å². The molecule has 0 saturated heterocycles. The van der Waals surface area contributed by atoms with Crippen molar-refractivity contribution in [3.8, 4) is 0 Å². The molecule has 0 saturated carbocycles. The molecule has 0 spiro atoms. The molecule has 0 aromatic heterocycles. The predicted molar refractivity (Wildman–Crippen MR) is 60.1 cm³/mol. The first-order valence-electron chi connectivity index (χ1n) is 5.32. The highest BCUT2D eigenvalue weighted by molar-refractivity contribution is 5.13. The molecule has 1 aromatic carbocycles. The minimum Gasteiger partial charge on any atom is -0.376 e. The Kier molecular flexibility index (Phi) is 4.68. The molecule has 0 bridgehead atoms. The van der Waals surface area contributed by atoms with E-state index < -0.39 is 0 Å². The average molecular weight is 192 g/mol. The molecule has 0 radical (unpaired) electrons. The minimum atomic E-state index is 0.638. The van der Waals surface area contributed by atoms with Crippen molar-refractivity contribution in [3.63, 3.8) is 0 Å². The van der Waals surface area contributed by atoms with Crippen molar-refractivity contribution in [1.29, 1.82) is 0 Å². The van der Waals surface area contributed by atoms with E-state index in [0.717, 1.165) is 13.2 Å². The highest BCUT2D eigenvalue weighted by Gasteiger charge is 2.06. The zero-order chi connectivity index (χ0) is 10.4. The molecule has 1 rings (SSSR count). The standard InChI is InChI=1S/C13H20O/c1-11(2)12(3)9-14-10-13-7-5-4-6-8-13/h4-8,11-12H,9-10H2,1-3H3/t12-/m1/s1. The maximum atomic E-state index is 5.64. The molecule has 78 valence electrons. The maximum absolute atomic E-state index is 5.64. The third-order valence-corrected chi connectivity index (χ3v) is 2.63. The summed E-state index contributed by atoms with van der Waals surface area (Å²) in [6, 6.07) is 10.3. The molecular weight excluding hydrogens is 172 g/mol. The lowest BCUT2D eigenvalue weighted by atomic mass is 9.99. The lowest BCUT2D eigenvalue weighted by Crippen LogP contribution is -2.11. The van der Waals surface area contributed by atoms with Crippen molar-refractivity contribution in [2.45, 2.75) is 27.4 Å². The van der Waals surface area contributed by atoms with Gasteiger partial charge in [0.2, 0.25) is 0 Å². The van der Waals surface area contributed by atoms with E-state index in [1.807, 2.05) is 18.2 Å². The monoisotopic (exact) mass is 192 g/mol. The summed E-state index contributed by atoms with van der Waals surface area (Å²) in [6.45, 7) is 8.28. The van der Waals surface area contributed by atoms with Crippen LogP contribution >= 0.6 is 0 Å². The van der Waals surface area contributed by atoms with E-state index in [4.69, 9.17) is 4.74 Å². The second-order valence-electron chi connectivity index (χ2n) is 4.22. The third-order valence-electron chi connectivity index (χ3n) is 2.63. The fraction of sp³-hybridized carbons (Fsp3) is 0.538. The summed E-state index contributed by atoms with van der Waals surface area (Å²) in [5.41, 5.74) is 1.25. The smallest absolute Gasteiger partial charge is 0.0717 e. The first kappa shape index (κ1) is 11.3. The summed E-state index contributed by atoms with van der Waals surface area (Å²) >= 11 is 0. The fourth-order valence-electron chi connectivity index (χ4n) is 1.13. The van der Waals surface area contributed by atoms with Crippen molar-refractivity contribution in [3.05, 3.63) is 35.9 Å². The number of rotatable bonds is 5. The van der Waals surface area contributed by atoms with Gasteiger partial charge >= 0.3 is 0 Å². The van der Waals surface area contributed by atoms with Crippen molar-refractivity contribution >= 4 is 0 Å². The molecular formula is C13H20O. The lowest BCUT2D eigenvalue weighted by Gasteiger charge is -2.15. The van der Waals surface area contributed by atoms with Crippen LogP contribution in [-0.4, -0.2) is 6.61 Å². The van der Waals surface area contributed by atoms with Crippen LogP contribution in [0, 0.1) is 11.8 Å². The Hall–Kier alpha value is -0.820. The van der Waals surface area contributed by atoms with E-state index in [9.17, 15) is 0 Å². The third kappa shape index (κ3) is 3.93. The average Bonchev–Trinajstić information content (AvgIpc) is 2.19.